The Morgan fingerprint density at radius 1 is 0.232 bits per heavy atom. The first-order valence-corrected chi connectivity index (χ1v) is 25.0. The second-order valence-electron chi connectivity index (χ2n) is 17.6. The van der Waals surface area contributed by atoms with E-state index in [2.05, 4.69) is 261 Å². The zero-order valence-corrected chi connectivity index (χ0v) is 38.4. The highest BCUT2D eigenvalue weighted by Gasteiger charge is 2.42. The van der Waals surface area contributed by atoms with Crippen molar-refractivity contribution < 1.29 is 0 Å². The number of fused-ring (bicyclic) bond motifs is 5. The normalized spacial score (nSPS) is 12.9. The topological polar surface area (TPSA) is 38.7 Å². The third kappa shape index (κ3) is 7.04. The first kappa shape index (κ1) is 40.6. The number of benzene rings is 11. The average Bonchev–Trinajstić information content (AvgIpc) is 3.73. The molecule has 3 nitrogen and oxygen atoms in total. The molecule has 0 atom stereocenters. The quantitative estimate of drug-likeness (QED) is 0.153. The molecule has 0 fully saturated rings. The fourth-order valence-corrected chi connectivity index (χ4v) is 14.5. The van der Waals surface area contributed by atoms with Gasteiger partial charge in [-0.1, -0.05) is 206 Å². The van der Waals surface area contributed by atoms with E-state index in [9.17, 15) is 0 Å². The average molecular weight is 898 g/mol. The Labute approximate surface area is 403 Å². The standard InChI is InChI=1S/C65H43N3S/c1-3-24-55(25-4-1)69(56-26-5-2-6-27-56)61-31-12-11-29-59(61)60-39-38-54(43-62(60)69)65-67-63(66-64(68-65)53-23-14-21-51(42-53)58-30-15-19-47-17-9-10-28-57(47)58)52-22-13-20-49(41-52)45-32-34-46(35-33-45)50-37-36-44-16-7-8-18-48(44)40-50/h1-43H. The Balaban J connectivity index is 0.968. The van der Waals surface area contributed by atoms with E-state index in [-0.39, 0.29) is 0 Å². The van der Waals surface area contributed by atoms with Gasteiger partial charge in [-0.05, 0) is 121 Å². The third-order valence-electron chi connectivity index (χ3n) is 13.5. The van der Waals surface area contributed by atoms with Crippen molar-refractivity contribution in [2.45, 2.75) is 19.6 Å². The van der Waals surface area contributed by atoms with E-state index >= 15 is 0 Å². The van der Waals surface area contributed by atoms with E-state index in [1.165, 1.54) is 68.9 Å². The van der Waals surface area contributed by atoms with Crippen LogP contribution in [0.4, 0.5) is 0 Å². The van der Waals surface area contributed by atoms with Crippen molar-refractivity contribution in [3.63, 3.8) is 0 Å². The van der Waals surface area contributed by atoms with Gasteiger partial charge in [-0.25, -0.2) is 15.0 Å². The molecule has 69 heavy (non-hydrogen) atoms. The smallest absolute Gasteiger partial charge is 0.164 e. The predicted molar refractivity (Wildman–Crippen MR) is 286 cm³/mol. The summed E-state index contributed by atoms with van der Waals surface area (Å²) in [6.07, 6.45) is 0. The summed E-state index contributed by atoms with van der Waals surface area (Å²) in [4.78, 5) is 21.3. The van der Waals surface area contributed by atoms with Crippen molar-refractivity contribution in [1.82, 2.24) is 15.0 Å². The molecule has 0 radical (unpaired) electrons. The highest BCUT2D eigenvalue weighted by molar-refractivity contribution is 8.34. The summed E-state index contributed by atoms with van der Waals surface area (Å²) < 4.78 is 0. The lowest BCUT2D eigenvalue weighted by molar-refractivity contribution is 1.07. The van der Waals surface area contributed by atoms with E-state index in [0.717, 1.165) is 33.4 Å². The van der Waals surface area contributed by atoms with Crippen LogP contribution in [0.25, 0.3) is 100 Å². The molecule has 1 aliphatic rings. The molecule has 0 saturated heterocycles. The maximum Gasteiger partial charge on any atom is 0.164 e. The Kier molecular flexibility index (Phi) is 9.92. The van der Waals surface area contributed by atoms with Gasteiger partial charge in [0.2, 0.25) is 0 Å². The zero-order chi connectivity index (χ0) is 45.7. The first-order chi connectivity index (χ1) is 34.2. The molecule has 1 aromatic heterocycles. The molecule has 1 aliphatic heterocycles. The number of hydrogen-bond acceptors (Lipinski definition) is 3. The van der Waals surface area contributed by atoms with Crippen molar-refractivity contribution in [1.29, 1.82) is 0 Å². The second kappa shape index (κ2) is 16.9. The van der Waals surface area contributed by atoms with Crippen LogP contribution in [0.1, 0.15) is 0 Å². The molecule has 0 saturated carbocycles. The van der Waals surface area contributed by atoms with Crippen molar-refractivity contribution >= 4 is 31.6 Å². The summed E-state index contributed by atoms with van der Waals surface area (Å²) in [6, 6.07) is 94.2. The lowest BCUT2D eigenvalue weighted by Crippen LogP contribution is -2.03. The van der Waals surface area contributed by atoms with Gasteiger partial charge in [-0.3, -0.25) is 0 Å². The monoisotopic (exact) mass is 897 g/mol. The van der Waals surface area contributed by atoms with Gasteiger partial charge in [0.25, 0.3) is 0 Å². The molecule has 0 unspecified atom stereocenters. The van der Waals surface area contributed by atoms with E-state index in [4.69, 9.17) is 15.0 Å². The maximum atomic E-state index is 5.39. The van der Waals surface area contributed by atoms with Crippen LogP contribution < -0.4 is 0 Å². The van der Waals surface area contributed by atoms with Crippen LogP contribution in [-0.2, 0) is 0 Å². The SMILES string of the molecule is c1ccc(S2(c3ccccc3)c3ccccc3-c3ccc(-c4nc(-c5cccc(-c6ccc(-c7ccc8ccccc8c7)cc6)c5)nc(-c5cccc(-c6cccc7ccccc67)c5)n4)cc32)cc1. The summed E-state index contributed by atoms with van der Waals surface area (Å²) in [6.45, 7) is 0. The summed E-state index contributed by atoms with van der Waals surface area (Å²) in [5.41, 5.74) is 12.2. The molecular formula is C65H43N3S. The minimum atomic E-state index is -1.88. The molecule has 0 spiro atoms. The Hall–Kier alpha value is -8.70. The lowest BCUT2D eigenvalue weighted by atomic mass is 9.97. The molecule has 4 heteroatoms. The van der Waals surface area contributed by atoms with Crippen LogP contribution in [-0.4, -0.2) is 15.0 Å². The van der Waals surface area contributed by atoms with Crippen LogP contribution in [0, 0.1) is 0 Å². The summed E-state index contributed by atoms with van der Waals surface area (Å²) in [7, 11) is -1.88. The van der Waals surface area contributed by atoms with E-state index < -0.39 is 10.0 Å². The fourth-order valence-electron chi connectivity index (χ4n) is 10.2. The summed E-state index contributed by atoms with van der Waals surface area (Å²) in [5, 5.41) is 4.89. The predicted octanol–water partition coefficient (Wildman–Crippen LogP) is 17.5. The van der Waals surface area contributed by atoms with Gasteiger partial charge in [0.1, 0.15) is 0 Å². The summed E-state index contributed by atoms with van der Waals surface area (Å²) >= 11 is 0. The molecule has 13 rings (SSSR count). The second-order valence-corrected chi connectivity index (χ2v) is 20.6. The highest BCUT2D eigenvalue weighted by atomic mass is 32.3. The fraction of sp³-hybridized carbons (Fsp3) is 0. The first-order valence-electron chi connectivity index (χ1n) is 23.4. The van der Waals surface area contributed by atoms with Crippen LogP contribution in [0.3, 0.4) is 0 Å². The molecule has 0 aliphatic carbocycles. The maximum absolute atomic E-state index is 5.39. The van der Waals surface area contributed by atoms with Crippen molar-refractivity contribution in [2.75, 3.05) is 0 Å². The molecule has 12 aromatic rings. The summed E-state index contributed by atoms with van der Waals surface area (Å²) in [5.74, 6) is 1.87. The Bertz CT molecular complexity index is 3860. The van der Waals surface area contributed by atoms with Crippen LogP contribution in [0.2, 0.25) is 0 Å². The number of aromatic nitrogens is 3. The third-order valence-corrected chi connectivity index (χ3v) is 17.5. The molecular weight excluding hydrogens is 855 g/mol. The van der Waals surface area contributed by atoms with Crippen molar-refractivity contribution in [2.24, 2.45) is 0 Å². The highest BCUT2D eigenvalue weighted by Crippen LogP contribution is 2.80. The molecule has 0 N–H and O–H groups in total. The molecule has 2 heterocycles. The molecule has 11 aromatic carbocycles. The zero-order valence-electron chi connectivity index (χ0n) is 37.6. The van der Waals surface area contributed by atoms with Crippen LogP contribution in [0.15, 0.2) is 280 Å². The van der Waals surface area contributed by atoms with Crippen molar-refractivity contribution in [3.8, 4) is 78.7 Å². The number of nitrogens with zero attached hydrogens (tertiary/aromatic N) is 3. The van der Waals surface area contributed by atoms with Gasteiger partial charge in [0.15, 0.2) is 17.5 Å². The van der Waals surface area contributed by atoms with Gasteiger partial charge >= 0.3 is 0 Å². The largest absolute Gasteiger partial charge is 0.208 e. The van der Waals surface area contributed by atoms with Gasteiger partial charge in [-0.2, -0.15) is 0 Å². The minimum Gasteiger partial charge on any atom is -0.208 e. The number of rotatable bonds is 8. The van der Waals surface area contributed by atoms with Gasteiger partial charge in [-0.15, -0.1) is 10.0 Å². The number of hydrogen-bond donors (Lipinski definition) is 0. The van der Waals surface area contributed by atoms with E-state index in [1.54, 1.807) is 0 Å². The Morgan fingerprint density at radius 3 is 1.38 bits per heavy atom. The van der Waals surface area contributed by atoms with E-state index in [1.807, 2.05) is 0 Å². The minimum absolute atomic E-state index is 0.619. The molecule has 0 amide bonds. The van der Waals surface area contributed by atoms with Gasteiger partial charge in [0.05, 0.1) is 0 Å². The van der Waals surface area contributed by atoms with Crippen molar-refractivity contribution in [3.05, 3.63) is 261 Å². The molecule has 324 valence electrons. The van der Waals surface area contributed by atoms with Gasteiger partial charge < -0.3 is 0 Å². The van der Waals surface area contributed by atoms with E-state index in [0.29, 0.717) is 17.5 Å². The molecule has 0 bridgehead atoms. The van der Waals surface area contributed by atoms with Crippen LogP contribution >= 0.6 is 10.0 Å². The van der Waals surface area contributed by atoms with Crippen LogP contribution in [0.5, 0.6) is 0 Å². The Morgan fingerprint density at radius 2 is 0.681 bits per heavy atom. The van der Waals surface area contributed by atoms with Gasteiger partial charge in [0, 0.05) is 36.3 Å². The lowest BCUT2D eigenvalue weighted by Gasteiger charge is -2.39.